The number of hydrogen-bond acceptors (Lipinski definition) is 6. The summed E-state index contributed by atoms with van der Waals surface area (Å²) in [6.45, 7) is 8.30. The van der Waals surface area contributed by atoms with Crippen molar-refractivity contribution in [1.82, 2.24) is 5.16 Å². The van der Waals surface area contributed by atoms with Crippen LogP contribution in [0.5, 0.6) is 0 Å². The monoisotopic (exact) mass is 414 g/mol. The van der Waals surface area contributed by atoms with Crippen LogP contribution in [0.25, 0.3) is 10.4 Å². The molecule has 0 aliphatic carbocycles. The van der Waals surface area contributed by atoms with Crippen LogP contribution in [0.15, 0.2) is 31.5 Å². The molecule has 28 heavy (non-hydrogen) atoms. The summed E-state index contributed by atoms with van der Waals surface area (Å²) in [6, 6.07) is -0.579. The van der Waals surface area contributed by atoms with Gasteiger partial charge in [0.05, 0.1) is 23.4 Å². The summed E-state index contributed by atoms with van der Waals surface area (Å²) in [6.07, 6.45) is 1.72. The number of allylic oxidation sites excluding steroid dienone is 2. The van der Waals surface area contributed by atoms with E-state index in [-0.39, 0.29) is 6.42 Å². The molecule has 0 spiro atoms. The van der Waals surface area contributed by atoms with Crippen LogP contribution >= 0.6 is 23.1 Å². The molecule has 1 unspecified atom stereocenters. The molecular formula is C21H22N2O3S2. The summed E-state index contributed by atoms with van der Waals surface area (Å²) in [5.41, 5.74) is 7.41. The van der Waals surface area contributed by atoms with Crippen LogP contribution in [0.2, 0.25) is 0 Å². The third-order valence-corrected chi connectivity index (χ3v) is 7.43. The van der Waals surface area contributed by atoms with Gasteiger partial charge in [0, 0.05) is 15.3 Å². The van der Waals surface area contributed by atoms with Gasteiger partial charge < -0.3 is 9.63 Å². The van der Waals surface area contributed by atoms with E-state index in [1.165, 1.54) is 16.0 Å². The Labute approximate surface area is 172 Å². The molecule has 1 N–H and O–H groups in total. The molecule has 2 aliphatic rings. The molecule has 0 fully saturated rings. The number of carbonyl (C=O) groups is 1. The van der Waals surface area contributed by atoms with Gasteiger partial charge in [-0.3, -0.25) is 9.79 Å². The Morgan fingerprint density at radius 3 is 2.79 bits per heavy atom. The number of aromatic nitrogens is 1. The average Bonchev–Trinajstić information content (AvgIpc) is 3.14. The van der Waals surface area contributed by atoms with Gasteiger partial charge in [0.1, 0.15) is 6.04 Å². The Morgan fingerprint density at radius 1 is 1.29 bits per heavy atom. The Hall–Kier alpha value is -2.12. The second-order valence-corrected chi connectivity index (χ2v) is 9.14. The number of aliphatic carboxylic acids is 1. The number of fused-ring (bicyclic) bond motifs is 3. The van der Waals surface area contributed by atoms with Gasteiger partial charge in [0.25, 0.3) is 0 Å². The van der Waals surface area contributed by atoms with Gasteiger partial charge in [0.15, 0.2) is 5.76 Å². The number of aliphatic imine (C=N–C) groups is 1. The van der Waals surface area contributed by atoms with E-state index >= 15 is 0 Å². The first kappa shape index (κ1) is 19.2. The van der Waals surface area contributed by atoms with Crippen molar-refractivity contribution < 1.29 is 14.4 Å². The van der Waals surface area contributed by atoms with E-state index in [2.05, 4.69) is 36.7 Å². The summed E-state index contributed by atoms with van der Waals surface area (Å²) in [5.74, 6) is -0.333. The lowest BCUT2D eigenvalue weighted by molar-refractivity contribution is -0.137. The van der Waals surface area contributed by atoms with Crippen molar-refractivity contribution in [3.8, 4) is 10.4 Å². The zero-order valence-electron chi connectivity index (χ0n) is 16.3. The number of thiophene rings is 1. The summed E-state index contributed by atoms with van der Waals surface area (Å²) < 4.78 is 5.61. The largest absolute Gasteiger partial charge is 0.481 e. The molecule has 0 radical (unpaired) electrons. The van der Waals surface area contributed by atoms with E-state index in [4.69, 9.17) is 9.52 Å². The predicted octanol–water partition coefficient (Wildman–Crippen LogP) is 5.96. The summed E-state index contributed by atoms with van der Waals surface area (Å²) in [5, 5.41) is 18.0. The molecule has 1 atom stereocenters. The van der Waals surface area contributed by atoms with E-state index in [9.17, 15) is 9.90 Å². The zero-order valence-corrected chi connectivity index (χ0v) is 18.0. The van der Waals surface area contributed by atoms with E-state index in [1.54, 1.807) is 23.1 Å². The number of thioether (sulfide) groups is 1. The highest BCUT2D eigenvalue weighted by Crippen LogP contribution is 2.47. The van der Waals surface area contributed by atoms with Crippen LogP contribution in [0, 0.1) is 20.8 Å². The third-order valence-electron chi connectivity index (χ3n) is 5.31. The topological polar surface area (TPSA) is 75.7 Å². The number of rotatable bonds is 4. The first-order valence-electron chi connectivity index (χ1n) is 9.30. The van der Waals surface area contributed by atoms with Crippen molar-refractivity contribution in [3.63, 3.8) is 0 Å². The van der Waals surface area contributed by atoms with E-state index < -0.39 is 12.0 Å². The van der Waals surface area contributed by atoms with Crippen molar-refractivity contribution in [3.05, 3.63) is 49.4 Å². The summed E-state index contributed by atoms with van der Waals surface area (Å²) in [4.78, 5) is 18.9. The molecule has 0 saturated carbocycles. The second kappa shape index (κ2) is 7.37. The first-order chi connectivity index (χ1) is 13.4. The normalized spacial score (nSPS) is 18.6. The average molecular weight is 415 g/mol. The Morgan fingerprint density at radius 2 is 2.07 bits per heavy atom. The van der Waals surface area contributed by atoms with Gasteiger partial charge in [-0.2, -0.15) is 0 Å². The number of carboxylic acid groups (broad SMARTS) is 1. The van der Waals surface area contributed by atoms with Crippen LogP contribution in [0.3, 0.4) is 0 Å². The summed E-state index contributed by atoms with van der Waals surface area (Å²) >= 11 is 3.38. The molecular weight excluding hydrogens is 392 g/mol. The molecule has 2 aromatic heterocycles. The minimum atomic E-state index is -0.896. The van der Waals surface area contributed by atoms with Gasteiger partial charge in [-0.05, 0) is 55.6 Å². The standard InChI is InChI=1S/C21H22N2O3S2/c1-5-13-6-14(9-27-8-13)19-17-10(2)12(4)28-21(17)18-11(3)23-26-20(18)15(22-19)7-16(24)25/h8-9,15H,5-7H2,1-4H3,(H,24,25). The fourth-order valence-corrected chi connectivity index (χ4v) is 5.83. The quantitative estimate of drug-likeness (QED) is 0.668. The highest BCUT2D eigenvalue weighted by molar-refractivity contribution is 8.05. The van der Waals surface area contributed by atoms with Gasteiger partial charge in [-0.25, -0.2) is 0 Å². The predicted molar refractivity (Wildman–Crippen MR) is 114 cm³/mol. The highest BCUT2D eigenvalue weighted by Gasteiger charge is 2.34. The fraction of sp³-hybridized carbons (Fsp3) is 0.381. The minimum Gasteiger partial charge on any atom is -0.481 e. The van der Waals surface area contributed by atoms with Crippen molar-refractivity contribution in [2.75, 3.05) is 0 Å². The fourth-order valence-electron chi connectivity index (χ4n) is 3.69. The molecule has 0 bridgehead atoms. The van der Waals surface area contributed by atoms with Crippen LogP contribution in [0.4, 0.5) is 0 Å². The molecule has 7 heteroatoms. The summed E-state index contributed by atoms with van der Waals surface area (Å²) in [7, 11) is 0. The molecule has 146 valence electrons. The van der Waals surface area contributed by atoms with Crippen LogP contribution in [-0.2, 0) is 4.79 Å². The molecule has 5 nitrogen and oxygen atoms in total. The molecule has 4 rings (SSSR count). The maximum Gasteiger partial charge on any atom is 0.306 e. The molecule has 0 saturated heterocycles. The van der Waals surface area contributed by atoms with E-state index in [1.807, 2.05) is 6.92 Å². The van der Waals surface area contributed by atoms with Crippen molar-refractivity contribution in [2.45, 2.75) is 53.0 Å². The Kier molecular flexibility index (Phi) is 5.05. The molecule has 0 aromatic carbocycles. The number of nitrogens with zero attached hydrogens (tertiary/aromatic N) is 2. The maximum absolute atomic E-state index is 11.6. The zero-order chi connectivity index (χ0) is 20.0. The maximum atomic E-state index is 11.6. The van der Waals surface area contributed by atoms with Gasteiger partial charge in [-0.15, -0.1) is 23.1 Å². The molecule has 2 aromatic rings. The Balaban J connectivity index is 1.95. The van der Waals surface area contributed by atoms with Gasteiger partial charge in [-0.1, -0.05) is 17.7 Å². The minimum absolute atomic E-state index is 0.116. The molecule has 0 amide bonds. The Bertz CT molecular complexity index is 1060. The van der Waals surface area contributed by atoms with Crippen LogP contribution < -0.4 is 0 Å². The van der Waals surface area contributed by atoms with Crippen molar-refractivity contribution in [1.29, 1.82) is 0 Å². The number of hydrogen-bond donors (Lipinski definition) is 1. The van der Waals surface area contributed by atoms with Crippen molar-refractivity contribution in [2.24, 2.45) is 4.99 Å². The van der Waals surface area contributed by atoms with Gasteiger partial charge >= 0.3 is 5.97 Å². The lowest BCUT2D eigenvalue weighted by Crippen LogP contribution is -2.11. The molecule has 2 aliphatic heterocycles. The lowest BCUT2D eigenvalue weighted by Gasteiger charge is -2.18. The van der Waals surface area contributed by atoms with E-state index in [0.29, 0.717) is 5.76 Å². The van der Waals surface area contributed by atoms with Crippen LogP contribution in [-0.4, -0.2) is 21.9 Å². The molecule has 4 heterocycles. The number of aryl methyl sites for hydroxylation is 2. The second-order valence-electron chi connectivity index (χ2n) is 7.17. The highest BCUT2D eigenvalue weighted by atomic mass is 32.2. The number of carboxylic acids is 1. The lowest BCUT2D eigenvalue weighted by atomic mass is 9.93. The SMILES string of the molecule is CCC1=CSC=C(C2=NC(CC(=O)O)c3onc(C)c3-c3sc(C)c(C)c32)C1. The van der Waals surface area contributed by atoms with Crippen LogP contribution in [0.1, 0.15) is 59.7 Å². The first-order valence-corrected chi connectivity index (χ1v) is 11.1. The van der Waals surface area contributed by atoms with E-state index in [0.717, 1.165) is 45.8 Å². The smallest absolute Gasteiger partial charge is 0.306 e. The van der Waals surface area contributed by atoms with Crippen molar-refractivity contribution >= 4 is 34.8 Å². The van der Waals surface area contributed by atoms with Gasteiger partial charge in [0.2, 0.25) is 0 Å². The third kappa shape index (κ3) is 3.16.